The fourth-order valence-corrected chi connectivity index (χ4v) is 5.05. The van der Waals surface area contributed by atoms with Gasteiger partial charge in [0.25, 0.3) is 0 Å². The summed E-state index contributed by atoms with van der Waals surface area (Å²) in [6.45, 7) is 5.92. The van der Waals surface area contributed by atoms with Crippen molar-refractivity contribution in [1.29, 1.82) is 0 Å². The van der Waals surface area contributed by atoms with Gasteiger partial charge >= 0.3 is 0 Å². The van der Waals surface area contributed by atoms with Crippen LogP contribution in [0, 0.1) is 19.7 Å². The molecule has 0 aliphatic carbocycles. The maximum atomic E-state index is 14.0. The smallest absolute Gasteiger partial charge is 0.214 e. The lowest BCUT2D eigenvalue weighted by molar-refractivity contribution is -0.347. The van der Waals surface area contributed by atoms with Gasteiger partial charge in [0.15, 0.2) is 11.1 Å². The third-order valence-electron chi connectivity index (χ3n) is 5.23. The SMILES string of the molecule is Cc1ccc(S(=O)(=O)c2c[nH+]c3ccc(F)cc3c2N2CCOCC2)cc1C. The Hall–Kier alpha value is -2.51. The van der Waals surface area contributed by atoms with E-state index in [0.717, 1.165) is 11.1 Å². The van der Waals surface area contributed by atoms with Gasteiger partial charge in [0, 0.05) is 19.2 Å². The van der Waals surface area contributed by atoms with Crippen LogP contribution in [0.5, 0.6) is 0 Å². The third-order valence-corrected chi connectivity index (χ3v) is 7.00. The first-order chi connectivity index (χ1) is 13.4. The van der Waals surface area contributed by atoms with E-state index in [9.17, 15) is 12.8 Å². The molecular formula is C21H22FN2O3S+. The van der Waals surface area contributed by atoms with E-state index in [1.54, 1.807) is 24.3 Å². The second kappa shape index (κ2) is 7.14. The van der Waals surface area contributed by atoms with Crippen LogP contribution < -0.4 is 9.88 Å². The molecule has 1 aromatic heterocycles. The zero-order valence-corrected chi connectivity index (χ0v) is 16.6. The van der Waals surface area contributed by atoms with Crippen LogP contribution >= 0.6 is 0 Å². The minimum absolute atomic E-state index is 0.149. The molecule has 1 saturated heterocycles. The Morgan fingerprint density at radius 1 is 1.04 bits per heavy atom. The monoisotopic (exact) mass is 401 g/mol. The molecule has 1 fully saturated rings. The molecule has 1 N–H and O–H groups in total. The van der Waals surface area contributed by atoms with Gasteiger partial charge in [0.2, 0.25) is 15.4 Å². The van der Waals surface area contributed by atoms with Crippen LogP contribution in [0.4, 0.5) is 10.1 Å². The van der Waals surface area contributed by atoms with Crippen molar-refractivity contribution in [1.82, 2.24) is 0 Å². The molecule has 0 bridgehead atoms. The standard InChI is InChI=1S/C21H21FN2O3S/c1-14-3-5-17(11-15(14)2)28(25,26)20-13-23-19-6-4-16(22)12-18(19)21(20)24-7-9-27-10-8-24/h3-6,11-13H,7-10H2,1-2H3/p+1. The van der Waals surface area contributed by atoms with Gasteiger partial charge in [-0.2, -0.15) is 0 Å². The number of ether oxygens (including phenoxy) is 1. The number of aromatic nitrogens is 1. The van der Waals surface area contributed by atoms with Crippen molar-refractivity contribution in [3.05, 3.63) is 59.5 Å². The molecule has 1 aliphatic heterocycles. The van der Waals surface area contributed by atoms with Gasteiger partial charge in [-0.1, -0.05) is 6.07 Å². The molecule has 2 heterocycles. The maximum Gasteiger partial charge on any atom is 0.214 e. The van der Waals surface area contributed by atoms with Gasteiger partial charge in [-0.15, -0.1) is 0 Å². The molecule has 0 radical (unpaired) electrons. The summed E-state index contributed by atoms with van der Waals surface area (Å²) in [4.78, 5) is 5.37. The number of halogens is 1. The van der Waals surface area contributed by atoms with E-state index >= 15 is 0 Å². The molecule has 0 atom stereocenters. The summed E-state index contributed by atoms with van der Waals surface area (Å²) in [5.41, 5.74) is 3.14. The van der Waals surface area contributed by atoms with E-state index in [1.807, 2.05) is 18.7 Å². The van der Waals surface area contributed by atoms with Crippen molar-refractivity contribution >= 4 is 26.4 Å². The summed E-state index contributed by atoms with van der Waals surface area (Å²) in [6.07, 6.45) is 1.51. The number of pyridine rings is 1. The summed E-state index contributed by atoms with van der Waals surface area (Å²) in [5, 5.41) is 0.548. The Kier molecular flexibility index (Phi) is 4.81. The Bertz CT molecular complexity index is 1160. The van der Waals surface area contributed by atoms with Gasteiger partial charge in [-0.05, 0) is 49.2 Å². The number of fused-ring (bicyclic) bond motifs is 1. The van der Waals surface area contributed by atoms with E-state index in [-0.39, 0.29) is 9.79 Å². The Labute approximate surface area is 163 Å². The fourth-order valence-electron chi connectivity index (χ4n) is 3.51. The van der Waals surface area contributed by atoms with Crippen LogP contribution in [-0.4, -0.2) is 34.7 Å². The number of H-pyrrole nitrogens is 1. The number of morpholine rings is 1. The number of rotatable bonds is 3. The first-order valence-corrected chi connectivity index (χ1v) is 10.7. The minimum Gasteiger partial charge on any atom is -0.378 e. The highest BCUT2D eigenvalue weighted by atomic mass is 32.2. The topological polar surface area (TPSA) is 60.8 Å². The number of benzene rings is 2. The highest BCUT2D eigenvalue weighted by molar-refractivity contribution is 7.91. The normalized spacial score (nSPS) is 15.2. The van der Waals surface area contributed by atoms with E-state index < -0.39 is 15.7 Å². The number of hydrogen-bond donors (Lipinski definition) is 0. The lowest BCUT2D eigenvalue weighted by Gasteiger charge is -2.30. The largest absolute Gasteiger partial charge is 0.378 e. The van der Waals surface area contributed by atoms with Crippen LogP contribution in [0.1, 0.15) is 11.1 Å². The molecule has 0 unspecified atom stereocenters. The summed E-state index contributed by atoms with van der Waals surface area (Å²) in [5.74, 6) is -0.406. The number of anilines is 1. The molecule has 0 saturated carbocycles. The van der Waals surface area contributed by atoms with Crippen LogP contribution in [0.2, 0.25) is 0 Å². The molecular weight excluding hydrogens is 379 g/mol. The molecule has 0 amide bonds. The van der Waals surface area contributed by atoms with Crippen molar-refractivity contribution in [2.45, 2.75) is 23.6 Å². The molecule has 1 aliphatic rings. The fraction of sp³-hybridized carbons (Fsp3) is 0.286. The second-order valence-corrected chi connectivity index (χ2v) is 8.96. The molecule has 4 rings (SSSR count). The van der Waals surface area contributed by atoms with Crippen LogP contribution in [0.15, 0.2) is 52.4 Å². The van der Waals surface area contributed by atoms with Crippen LogP contribution in [0.25, 0.3) is 10.9 Å². The van der Waals surface area contributed by atoms with Crippen LogP contribution in [0.3, 0.4) is 0 Å². The summed E-state index contributed by atoms with van der Waals surface area (Å²) in [6, 6.07) is 9.48. The van der Waals surface area contributed by atoms with Gasteiger partial charge < -0.3 is 9.64 Å². The lowest BCUT2D eigenvalue weighted by atomic mass is 10.1. The van der Waals surface area contributed by atoms with Gasteiger partial charge in [-0.3, -0.25) is 0 Å². The van der Waals surface area contributed by atoms with E-state index in [2.05, 4.69) is 4.98 Å². The predicted octanol–water partition coefficient (Wildman–Crippen LogP) is 3.08. The molecule has 2 aromatic carbocycles. The average molecular weight is 401 g/mol. The van der Waals surface area contributed by atoms with E-state index in [1.165, 1.54) is 18.3 Å². The average Bonchev–Trinajstić information content (AvgIpc) is 2.69. The molecule has 0 spiro atoms. The Morgan fingerprint density at radius 3 is 2.50 bits per heavy atom. The van der Waals surface area contributed by atoms with Crippen molar-refractivity contribution in [3.8, 4) is 0 Å². The highest BCUT2D eigenvalue weighted by Gasteiger charge is 2.30. The van der Waals surface area contributed by atoms with E-state index in [4.69, 9.17) is 4.74 Å². The van der Waals surface area contributed by atoms with Gasteiger partial charge in [0.1, 0.15) is 5.82 Å². The molecule has 7 heteroatoms. The number of nitrogens with one attached hydrogen (secondary N) is 1. The minimum atomic E-state index is -3.80. The summed E-state index contributed by atoms with van der Waals surface area (Å²) in [7, 11) is -3.80. The zero-order valence-electron chi connectivity index (χ0n) is 15.8. The molecule has 3 aromatic rings. The molecule has 146 valence electrons. The van der Waals surface area contributed by atoms with E-state index in [0.29, 0.717) is 42.9 Å². The summed E-state index contributed by atoms with van der Waals surface area (Å²) < 4.78 is 46.5. The Balaban J connectivity index is 1.98. The molecule has 5 nitrogen and oxygen atoms in total. The number of aryl methyl sites for hydroxylation is 2. The third kappa shape index (κ3) is 3.25. The lowest BCUT2D eigenvalue weighted by Crippen LogP contribution is -2.37. The van der Waals surface area contributed by atoms with Crippen LogP contribution in [-0.2, 0) is 14.6 Å². The predicted molar refractivity (Wildman–Crippen MR) is 105 cm³/mol. The van der Waals surface area contributed by atoms with Crippen molar-refractivity contribution in [2.75, 3.05) is 31.2 Å². The summed E-state index contributed by atoms with van der Waals surface area (Å²) >= 11 is 0. The van der Waals surface area contributed by atoms with Gasteiger partial charge in [-0.25, -0.2) is 17.8 Å². The number of aromatic amines is 1. The number of hydrogen-bond acceptors (Lipinski definition) is 4. The highest BCUT2D eigenvalue weighted by Crippen LogP contribution is 2.35. The number of nitrogens with zero attached hydrogens (tertiary/aromatic N) is 1. The van der Waals surface area contributed by atoms with Crippen molar-refractivity contribution in [2.24, 2.45) is 0 Å². The second-order valence-electron chi connectivity index (χ2n) is 7.04. The van der Waals surface area contributed by atoms with Gasteiger partial charge in [0.05, 0.1) is 29.2 Å². The zero-order chi connectivity index (χ0) is 19.9. The maximum absolute atomic E-state index is 14.0. The van der Waals surface area contributed by atoms with Crippen molar-refractivity contribution < 1.29 is 22.5 Å². The first kappa shape index (κ1) is 18.8. The first-order valence-electron chi connectivity index (χ1n) is 9.17. The number of sulfone groups is 1. The molecule has 28 heavy (non-hydrogen) atoms. The van der Waals surface area contributed by atoms with Crippen molar-refractivity contribution in [3.63, 3.8) is 0 Å². The quantitative estimate of drug-likeness (QED) is 0.677. The Morgan fingerprint density at radius 2 is 1.79 bits per heavy atom.